The molecule has 0 radical (unpaired) electrons. The van der Waals surface area contributed by atoms with Gasteiger partial charge in [-0.2, -0.15) is 0 Å². The number of aliphatic hydroxyl groups excluding tert-OH is 1. The number of fused-ring (bicyclic) bond motifs is 1. The van der Waals surface area contributed by atoms with E-state index < -0.39 is 17.7 Å². The highest BCUT2D eigenvalue weighted by Crippen LogP contribution is 2.54. The summed E-state index contributed by atoms with van der Waals surface area (Å²) in [6.07, 6.45) is -0.600. The van der Waals surface area contributed by atoms with Gasteiger partial charge in [-0.1, -0.05) is 17.7 Å². The van der Waals surface area contributed by atoms with E-state index in [1.807, 2.05) is 0 Å². The van der Waals surface area contributed by atoms with E-state index in [4.69, 9.17) is 21.1 Å². The Kier molecular flexibility index (Phi) is 5.79. The van der Waals surface area contributed by atoms with Crippen molar-refractivity contribution in [2.24, 2.45) is 0 Å². The highest BCUT2D eigenvalue weighted by molar-refractivity contribution is 6.31. The largest absolute Gasteiger partial charge is 0.496 e. The van der Waals surface area contributed by atoms with Crippen LogP contribution in [0.5, 0.6) is 11.5 Å². The summed E-state index contributed by atoms with van der Waals surface area (Å²) >= 11 is 6.37. The first-order chi connectivity index (χ1) is 15.2. The first-order valence-electron chi connectivity index (χ1n) is 10.2. The number of β-amino-alcohol motifs (C(OH)–C–C–N with tert-alkyl or cyclic N) is 1. The van der Waals surface area contributed by atoms with Crippen molar-refractivity contribution in [2.45, 2.75) is 24.1 Å². The molecular formula is C23H26ClN3O5. The van der Waals surface area contributed by atoms with Crippen LogP contribution in [0.25, 0.3) is 0 Å². The van der Waals surface area contributed by atoms with Crippen LogP contribution in [0.4, 0.5) is 5.69 Å². The second-order valence-electron chi connectivity index (χ2n) is 8.18. The molecule has 1 unspecified atom stereocenters. The number of halogens is 1. The number of amides is 2. The van der Waals surface area contributed by atoms with Gasteiger partial charge in [-0.3, -0.25) is 14.5 Å². The molecule has 9 heteroatoms. The lowest BCUT2D eigenvalue weighted by atomic mass is 9.80. The summed E-state index contributed by atoms with van der Waals surface area (Å²) in [5.41, 5.74) is 0.0915. The minimum atomic E-state index is -1.51. The van der Waals surface area contributed by atoms with Crippen LogP contribution in [-0.4, -0.2) is 73.7 Å². The first kappa shape index (κ1) is 22.4. The predicted octanol–water partition coefficient (Wildman–Crippen LogP) is 2.08. The Morgan fingerprint density at radius 3 is 2.47 bits per heavy atom. The third kappa shape index (κ3) is 3.21. The number of likely N-dealkylation sites (tertiary alicyclic amines) is 1. The fraction of sp³-hybridized carbons (Fsp3) is 0.391. The zero-order chi connectivity index (χ0) is 23.2. The summed E-state index contributed by atoms with van der Waals surface area (Å²) in [6.45, 7) is 0.102. The average molecular weight is 460 g/mol. The Morgan fingerprint density at radius 2 is 1.88 bits per heavy atom. The van der Waals surface area contributed by atoms with Crippen molar-refractivity contribution in [3.05, 3.63) is 52.5 Å². The van der Waals surface area contributed by atoms with Gasteiger partial charge in [-0.25, -0.2) is 0 Å². The molecule has 2 N–H and O–H groups in total. The number of hydrogen-bond acceptors (Lipinski definition) is 6. The van der Waals surface area contributed by atoms with Gasteiger partial charge in [-0.05, 0) is 36.8 Å². The molecule has 2 aromatic carbocycles. The highest BCUT2D eigenvalue weighted by atomic mass is 35.5. The summed E-state index contributed by atoms with van der Waals surface area (Å²) < 4.78 is 11.3. The van der Waals surface area contributed by atoms with E-state index in [9.17, 15) is 14.7 Å². The van der Waals surface area contributed by atoms with E-state index in [0.717, 1.165) is 0 Å². The number of carbonyl (C=O) groups is 2. The van der Waals surface area contributed by atoms with Gasteiger partial charge in [-0.15, -0.1) is 0 Å². The minimum absolute atomic E-state index is 0.102. The molecule has 2 aromatic rings. The van der Waals surface area contributed by atoms with Crippen LogP contribution in [-0.2, 0) is 15.1 Å². The van der Waals surface area contributed by atoms with Crippen molar-refractivity contribution in [3.8, 4) is 11.5 Å². The number of rotatable bonds is 5. The third-order valence-corrected chi connectivity index (χ3v) is 6.41. The second kappa shape index (κ2) is 8.27. The van der Waals surface area contributed by atoms with Gasteiger partial charge in [0, 0.05) is 36.9 Å². The van der Waals surface area contributed by atoms with Crippen molar-refractivity contribution < 1.29 is 24.2 Å². The normalized spacial score (nSPS) is 24.8. The van der Waals surface area contributed by atoms with E-state index in [2.05, 4.69) is 5.32 Å². The maximum atomic E-state index is 13.9. The fourth-order valence-electron chi connectivity index (χ4n) is 4.86. The zero-order valence-corrected chi connectivity index (χ0v) is 19.1. The quantitative estimate of drug-likeness (QED) is 0.711. The Hall–Kier alpha value is -2.81. The van der Waals surface area contributed by atoms with Crippen LogP contribution in [0, 0.1) is 0 Å². The Morgan fingerprint density at radius 1 is 1.22 bits per heavy atom. The zero-order valence-electron chi connectivity index (χ0n) is 18.4. The lowest BCUT2D eigenvalue weighted by Gasteiger charge is -2.42. The van der Waals surface area contributed by atoms with Crippen LogP contribution in [0.3, 0.4) is 0 Å². The maximum Gasteiger partial charge on any atom is 0.254 e. The molecule has 32 heavy (non-hydrogen) atoms. The topological polar surface area (TPSA) is 91.3 Å². The smallest absolute Gasteiger partial charge is 0.254 e. The highest BCUT2D eigenvalue weighted by Gasteiger charge is 2.60. The molecule has 0 spiro atoms. The molecule has 2 heterocycles. The summed E-state index contributed by atoms with van der Waals surface area (Å²) in [6, 6.07) is 9.64. The van der Waals surface area contributed by atoms with Crippen LogP contribution < -0.4 is 14.8 Å². The molecule has 8 nitrogen and oxygen atoms in total. The molecule has 0 saturated carbocycles. The maximum absolute atomic E-state index is 13.9. The van der Waals surface area contributed by atoms with Crippen molar-refractivity contribution in [2.75, 3.05) is 40.2 Å². The minimum Gasteiger partial charge on any atom is -0.496 e. The van der Waals surface area contributed by atoms with Gasteiger partial charge in [0.25, 0.3) is 5.91 Å². The number of carbonyl (C=O) groups excluding carboxylic acids is 2. The molecule has 0 aliphatic carbocycles. The van der Waals surface area contributed by atoms with Crippen molar-refractivity contribution in [1.29, 1.82) is 0 Å². The molecule has 4 rings (SSSR count). The van der Waals surface area contributed by atoms with Crippen molar-refractivity contribution >= 4 is 29.1 Å². The lowest BCUT2D eigenvalue weighted by molar-refractivity contribution is -0.138. The molecule has 1 fully saturated rings. The molecule has 2 aliphatic rings. The number of benzene rings is 2. The summed E-state index contributed by atoms with van der Waals surface area (Å²) in [4.78, 5) is 30.3. The summed E-state index contributed by atoms with van der Waals surface area (Å²) in [7, 11) is 6.33. The summed E-state index contributed by atoms with van der Waals surface area (Å²) in [5, 5.41) is 14.0. The second-order valence-corrected chi connectivity index (χ2v) is 8.62. The fourth-order valence-corrected chi connectivity index (χ4v) is 5.03. The number of nitrogens with one attached hydrogen (secondary N) is 1. The van der Waals surface area contributed by atoms with Crippen LogP contribution in [0.15, 0.2) is 36.4 Å². The Balaban J connectivity index is 2.09. The molecule has 0 aromatic heterocycles. The van der Waals surface area contributed by atoms with Crippen molar-refractivity contribution in [1.82, 2.24) is 9.80 Å². The van der Waals surface area contributed by atoms with E-state index >= 15 is 0 Å². The van der Waals surface area contributed by atoms with Gasteiger partial charge in [0.1, 0.15) is 11.5 Å². The lowest BCUT2D eigenvalue weighted by Crippen LogP contribution is -2.57. The van der Waals surface area contributed by atoms with Crippen LogP contribution >= 0.6 is 11.6 Å². The van der Waals surface area contributed by atoms with Gasteiger partial charge >= 0.3 is 0 Å². The Labute approximate surface area is 191 Å². The SMILES string of the molecule is COc1cccc(OC)c1C1(N2C[C@H](O)C[C@H]2C(=O)N(C)C)C(=O)Nc2ccc(Cl)cc21. The molecule has 2 aliphatic heterocycles. The molecule has 1 saturated heterocycles. The monoisotopic (exact) mass is 459 g/mol. The van der Waals surface area contributed by atoms with E-state index in [1.54, 1.807) is 55.4 Å². The number of likely N-dealkylation sites (N-methyl/N-ethyl adjacent to an activating group) is 1. The van der Waals surface area contributed by atoms with Crippen LogP contribution in [0.2, 0.25) is 5.02 Å². The molecule has 2 amide bonds. The van der Waals surface area contributed by atoms with E-state index in [-0.39, 0.29) is 24.8 Å². The third-order valence-electron chi connectivity index (χ3n) is 6.17. The van der Waals surface area contributed by atoms with E-state index in [0.29, 0.717) is 33.3 Å². The molecule has 0 bridgehead atoms. The van der Waals surface area contributed by atoms with Crippen molar-refractivity contribution in [3.63, 3.8) is 0 Å². The average Bonchev–Trinajstić information content (AvgIpc) is 3.29. The summed E-state index contributed by atoms with van der Waals surface area (Å²) in [5.74, 6) is 0.260. The number of ether oxygens (including phenoxy) is 2. The standard InChI is InChI=1S/C23H26ClN3O5/c1-26(2)21(29)17-11-14(28)12-27(17)23(20-18(31-3)6-5-7-19(20)32-4)15-10-13(24)8-9-16(15)25-22(23)30/h5-10,14,17,28H,11-12H2,1-4H3,(H,25,30)/t14-,17+,23?/m1/s1. The number of aliphatic hydroxyl groups is 1. The molecular weight excluding hydrogens is 434 g/mol. The number of anilines is 1. The number of methoxy groups -OCH3 is 2. The number of nitrogens with zero attached hydrogens (tertiary/aromatic N) is 2. The first-order valence-corrected chi connectivity index (χ1v) is 10.6. The van der Waals surface area contributed by atoms with Gasteiger partial charge in [0.2, 0.25) is 5.91 Å². The molecule has 170 valence electrons. The van der Waals surface area contributed by atoms with Gasteiger partial charge in [0.15, 0.2) is 5.54 Å². The van der Waals surface area contributed by atoms with Crippen LogP contribution in [0.1, 0.15) is 17.5 Å². The van der Waals surface area contributed by atoms with E-state index in [1.165, 1.54) is 19.1 Å². The van der Waals surface area contributed by atoms with Gasteiger partial charge in [0.05, 0.1) is 31.9 Å². The van der Waals surface area contributed by atoms with Gasteiger partial charge < -0.3 is 24.8 Å². The molecule has 3 atom stereocenters. The number of hydrogen-bond donors (Lipinski definition) is 2. The Bertz CT molecular complexity index is 1050. The predicted molar refractivity (Wildman–Crippen MR) is 120 cm³/mol.